The van der Waals surface area contributed by atoms with Gasteiger partial charge in [-0.05, 0) is 30.7 Å². The van der Waals surface area contributed by atoms with Crippen LogP contribution in [0.15, 0.2) is 54.9 Å². The Morgan fingerprint density at radius 1 is 0.786 bits per heavy atom. The predicted octanol–water partition coefficient (Wildman–Crippen LogP) is -7.74. The van der Waals surface area contributed by atoms with Gasteiger partial charge in [0.05, 0.1) is 16.3 Å². The number of nitrogens with zero attached hydrogens (tertiary/aromatic N) is 4. The summed E-state index contributed by atoms with van der Waals surface area (Å²) in [6, 6.07) is 11.2. The van der Waals surface area contributed by atoms with Gasteiger partial charge >= 0.3 is 821 Å². The average molecular weight is 1400 g/mol. The average Bonchev–Trinajstić information content (AvgIpc) is 3.65. The molecule has 35 heteroatoms. The van der Waals surface area contributed by atoms with E-state index in [9.17, 15) is 24.4 Å². The number of nitrogens with one attached hydrogen (secondary N) is 1. The first-order valence-corrected chi connectivity index (χ1v) is 213. The van der Waals surface area contributed by atoms with Crippen molar-refractivity contribution in [2.24, 2.45) is 0 Å². The maximum atomic E-state index is 13.8. The van der Waals surface area contributed by atoms with Crippen molar-refractivity contribution in [3.05, 3.63) is 76.4 Å². The molecule has 182 valence electrons. The molecule has 0 bridgehead atoms. The molecule has 4 rings (SSSR count). The van der Waals surface area contributed by atoms with E-state index in [0.29, 0.717) is 22.5 Å². The van der Waals surface area contributed by atoms with Crippen LogP contribution in [-0.4, -0.2) is 788 Å². The minimum absolute atomic E-state index is 0. The van der Waals surface area contributed by atoms with E-state index in [-0.39, 0.29) is 65.3 Å². The first kappa shape index (κ1) is 114. The summed E-state index contributed by atoms with van der Waals surface area (Å²) in [6.07, 6.45) is 3.22. The third-order valence-corrected chi connectivity index (χ3v) is 4.76. The van der Waals surface area contributed by atoms with Crippen LogP contribution in [0.1, 0.15) is 6.99 Å². The third-order valence-electron chi connectivity index (χ3n) is 4.76. The standard InChI is InChI=1S/C21H16FN5O4.25K.H/c1-12-8-15(22)19(27(30)31)9-17(12)25-21-23-7-6-16(24-21)14-10-26(11-20(28)29)18-5-3-2-4-13(14)18;;;;;;;;;;;;;;;;;;;;;;;;;;/h2-10H,11H2,1H3,(H,28,29)(H,23,24,25);;;;;;;;;;;;;;;;;;;;;;;;;;/q;;;;;;;;;;;;;;;;;;;;;;;;;+1;-1. The van der Waals surface area contributed by atoms with Crippen LogP contribution < -0.4 is 56.7 Å². The molecule has 2 aromatic carbocycles. The number of carbonyl (C=O) groups is 1. The van der Waals surface area contributed by atoms with Crippen molar-refractivity contribution >= 4 is 792 Å². The molecule has 0 aliphatic carbocycles. The zero-order chi connectivity index (χ0) is 46.1. The number of halogens is 1. The number of anilines is 2. The fourth-order valence-electron chi connectivity index (χ4n) is 3.35. The summed E-state index contributed by atoms with van der Waals surface area (Å²) >= 11 is 30.0. The van der Waals surface area contributed by atoms with Gasteiger partial charge in [0, 0.05) is 34.9 Å². The van der Waals surface area contributed by atoms with Crippen molar-refractivity contribution in [1.82, 2.24) is 14.5 Å². The van der Waals surface area contributed by atoms with E-state index in [1.807, 2.05) is 24.3 Å². The summed E-state index contributed by atoms with van der Waals surface area (Å²) in [4.78, 5) is 30.1. The number of nitro groups is 1. The molecule has 0 aliphatic rings. The number of carboxylic acids is 1. The fraction of sp³-hybridized carbons (Fsp3) is 0.0952. The molecule has 0 fully saturated rings. The molecular weight excluding hydrogens is 1380 g/mol. The topological polar surface area (TPSA) is 123 Å². The number of carboxylic acid groups (broad SMARTS) is 1. The van der Waals surface area contributed by atoms with Crippen molar-refractivity contribution in [3.8, 4) is 11.3 Å². The molecule has 0 atom stereocenters. The predicted molar refractivity (Wildman–Crippen MR) is 251 cm³/mol. The van der Waals surface area contributed by atoms with Crippen LogP contribution in [0, 0.1) is 22.9 Å². The zero-order valence-electron chi connectivity index (χ0n) is 42.2. The Hall–Kier alpha value is 36.6. The van der Waals surface area contributed by atoms with Crippen LogP contribution in [-0.2, 0) is 11.3 Å². The summed E-state index contributed by atoms with van der Waals surface area (Å²) in [5.41, 5.74) is 2.10. The summed E-state index contributed by atoms with van der Waals surface area (Å²) in [5.74, 6) is -1.73. The Kier molecular flexibility index (Phi) is 209. The van der Waals surface area contributed by atoms with Crippen molar-refractivity contribution in [1.29, 1.82) is 0 Å². The number of fused-ring (bicyclic) bond motifs is 1. The molecule has 56 heavy (non-hydrogen) atoms. The SMILES string of the molecule is Cc1cc(F)c([N+](=O)[O-])cc1Nc1nccc(-c2cn(CC(=O)O)c3ccccc23)n1.[H-].[K+].[K][K].[K][K].[K][K].[K][K].[K][K].[K][K].[K][K].[K][K].[K][K].[K][K].[K][K].[K][K]. The van der Waals surface area contributed by atoms with Gasteiger partial charge in [0.15, 0.2) is 0 Å². The number of para-hydroxylation sites is 1. The van der Waals surface area contributed by atoms with Crippen LogP contribution in [0.3, 0.4) is 0 Å². The van der Waals surface area contributed by atoms with E-state index in [0.717, 1.165) is 23.0 Å². The Labute approximate surface area is 924 Å². The number of hydrogen-bond donors (Lipinski definition) is 2. The number of hydrogen-bond acceptors (Lipinski definition) is 6. The van der Waals surface area contributed by atoms with Gasteiger partial charge in [-0.15, -0.1) is 0 Å². The number of rotatable bonds is 6. The molecule has 0 amide bonds. The second-order valence-corrected chi connectivity index (χ2v) is 6.85. The second kappa shape index (κ2) is 103. The first-order chi connectivity index (χ1) is 26.8. The van der Waals surface area contributed by atoms with Crippen LogP contribution in [0.5, 0.6) is 0 Å². The van der Waals surface area contributed by atoms with Crippen LogP contribution in [0.4, 0.5) is 21.7 Å². The van der Waals surface area contributed by atoms with E-state index in [2.05, 4.69) is 15.3 Å². The minimum atomic E-state index is -0.967. The molecule has 2 N–H and O–H groups in total. The Morgan fingerprint density at radius 3 is 1.62 bits per heavy atom. The molecule has 0 saturated carbocycles. The van der Waals surface area contributed by atoms with Gasteiger partial charge in [-0.25, -0.2) is 9.97 Å². The van der Waals surface area contributed by atoms with Crippen molar-refractivity contribution in [2.75, 3.05) is 5.32 Å². The van der Waals surface area contributed by atoms with Crippen molar-refractivity contribution in [2.45, 2.75) is 13.5 Å². The molecule has 2 heterocycles. The second-order valence-electron chi connectivity index (χ2n) is 6.85. The van der Waals surface area contributed by atoms with Gasteiger partial charge in [-0.1, -0.05) is 18.2 Å². The summed E-state index contributed by atoms with van der Waals surface area (Å²) in [5, 5.41) is 24.0. The molecule has 0 radical (unpaired) electrons. The van der Waals surface area contributed by atoms with Crippen LogP contribution in [0.25, 0.3) is 22.2 Å². The Morgan fingerprint density at radius 2 is 1.21 bits per heavy atom. The van der Waals surface area contributed by atoms with E-state index < -0.39 is 22.4 Å². The van der Waals surface area contributed by atoms with E-state index in [1.54, 1.807) is 23.8 Å². The number of benzene rings is 2. The molecule has 0 spiro atoms. The number of nitro benzene ring substituents is 1. The van der Waals surface area contributed by atoms with Crippen molar-refractivity contribution < 1.29 is 72.0 Å². The number of aryl methyl sites for hydroxylation is 1. The van der Waals surface area contributed by atoms with E-state index in [4.69, 9.17) is 0 Å². The summed E-state index contributed by atoms with van der Waals surface area (Å²) in [6.45, 7) is 1.41. The van der Waals surface area contributed by atoms with Gasteiger partial charge in [-0.3, -0.25) is 14.9 Å². The normalized spacial score (nSPS) is 7.75. The molecule has 0 saturated heterocycles. The van der Waals surface area contributed by atoms with Gasteiger partial charge in [-0.2, -0.15) is 4.39 Å². The Bertz CT molecular complexity index is 1400. The third kappa shape index (κ3) is 70.4. The van der Waals surface area contributed by atoms with E-state index in [1.165, 1.54) is 764 Å². The molecular formula is C21H17FK25N5O4. The first-order valence-electron chi connectivity index (χ1n) is 21.2. The van der Waals surface area contributed by atoms with Gasteiger partial charge < -0.3 is 16.4 Å². The number of aliphatic carboxylic acids is 1. The van der Waals surface area contributed by atoms with Gasteiger partial charge in [0.2, 0.25) is 11.8 Å². The van der Waals surface area contributed by atoms with Crippen LogP contribution in [0.2, 0.25) is 0 Å². The summed E-state index contributed by atoms with van der Waals surface area (Å²) in [7, 11) is 0. The van der Waals surface area contributed by atoms with Crippen molar-refractivity contribution in [3.63, 3.8) is 0 Å². The number of aromatic nitrogens is 3. The molecule has 2 aromatic heterocycles. The van der Waals surface area contributed by atoms with Gasteiger partial charge in [0.1, 0.15) is 6.54 Å². The molecule has 4 aromatic rings. The quantitative estimate of drug-likeness (QED) is 0.112. The Balaban J connectivity index is -0.0000000780. The molecule has 0 aliphatic heterocycles. The fourth-order valence-corrected chi connectivity index (χ4v) is 3.35. The maximum absolute atomic E-state index is 13.8. The summed E-state index contributed by atoms with van der Waals surface area (Å²) < 4.78 is 15.4. The van der Waals surface area contributed by atoms with E-state index >= 15 is 0 Å². The van der Waals surface area contributed by atoms with Crippen LogP contribution >= 0.6 is 0 Å². The van der Waals surface area contributed by atoms with Gasteiger partial charge in [0.25, 0.3) is 0 Å². The monoisotopic (exact) mass is 1400 g/mol. The molecule has 0 unspecified atom stereocenters. The molecule has 9 nitrogen and oxygen atoms in total. The zero-order valence-corrected chi connectivity index (χ0v) is 119.